The molecule has 3 rings (SSSR count). The number of benzene rings is 2. The number of hydrogen-bond donors (Lipinski definition) is 2. The van der Waals surface area contributed by atoms with Crippen LogP contribution in [0.2, 0.25) is 0 Å². The number of furan rings is 1. The first-order chi connectivity index (χ1) is 12.1. The van der Waals surface area contributed by atoms with Gasteiger partial charge in [0.15, 0.2) is 18.3 Å². The number of aryl methyl sites for hydroxylation is 2. The SMILES string of the molecule is Cc1ccc(NC(=O)C[NH2+][C@@H](c2ccccc2)c2ccco2)cc1C. The highest BCUT2D eigenvalue weighted by Gasteiger charge is 2.21. The average molecular weight is 335 g/mol. The number of hydrogen-bond acceptors (Lipinski definition) is 2. The molecule has 0 aliphatic heterocycles. The van der Waals surface area contributed by atoms with Crippen LogP contribution in [0.15, 0.2) is 71.3 Å². The molecule has 0 unspecified atom stereocenters. The molecule has 4 heteroatoms. The molecule has 1 atom stereocenters. The van der Waals surface area contributed by atoms with E-state index in [-0.39, 0.29) is 11.9 Å². The van der Waals surface area contributed by atoms with Gasteiger partial charge in [0.2, 0.25) is 0 Å². The Morgan fingerprint density at radius 1 is 1.04 bits per heavy atom. The van der Waals surface area contributed by atoms with Crippen molar-refractivity contribution in [3.8, 4) is 0 Å². The van der Waals surface area contributed by atoms with Crippen LogP contribution in [0.4, 0.5) is 5.69 Å². The van der Waals surface area contributed by atoms with E-state index >= 15 is 0 Å². The molecule has 0 aliphatic rings. The van der Waals surface area contributed by atoms with E-state index in [4.69, 9.17) is 4.42 Å². The largest absolute Gasteiger partial charge is 0.463 e. The molecule has 1 heterocycles. The second kappa shape index (κ2) is 7.81. The summed E-state index contributed by atoms with van der Waals surface area (Å²) in [6, 6.07) is 19.8. The molecule has 0 saturated carbocycles. The summed E-state index contributed by atoms with van der Waals surface area (Å²) < 4.78 is 5.57. The van der Waals surface area contributed by atoms with Gasteiger partial charge in [-0.05, 0) is 49.2 Å². The van der Waals surface area contributed by atoms with E-state index in [0.29, 0.717) is 6.54 Å². The van der Waals surface area contributed by atoms with Crippen molar-refractivity contribution in [1.29, 1.82) is 0 Å². The van der Waals surface area contributed by atoms with Crippen molar-refractivity contribution in [3.05, 3.63) is 89.4 Å². The van der Waals surface area contributed by atoms with E-state index < -0.39 is 0 Å². The zero-order valence-electron chi connectivity index (χ0n) is 14.5. The Morgan fingerprint density at radius 2 is 1.84 bits per heavy atom. The number of quaternary nitrogens is 1. The molecule has 1 amide bonds. The maximum absolute atomic E-state index is 12.3. The molecule has 128 valence electrons. The lowest BCUT2D eigenvalue weighted by Gasteiger charge is -2.14. The van der Waals surface area contributed by atoms with Crippen LogP contribution in [0.5, 0.6) is 0 Å². The van der Waals surface area contributed by atoms with Gasteiger partial charge in [-0.15, -0.1) is 0 Å². The van der Waals surface area contributed by atoms with Crippen molar-refractivity contribution in [2.45, 2.75) is 19.9 Å². The molecule has 0 bridgehead atoms. The highest BCUT2D eigenvalue weighted by Crippen LogP contribution is 2.18. The molecule has 1 aromatic heterocycles. The van der Waals surface area contributed by atoms with Crippen LogP contribution in [0.3, 0.4) is 0 Å². The van der Waals surface area contributed by atoms with Gasteiger partial charge in [-0.1, -0.05) is 36.4 Å². The first kappa shape index (κ1) is 17.0. The normalized spacial score (nSPS) is 11.9. The molecular formula is C21H23N2O2+. The minimum absolute atomic E-state index is 0.0317. The monoisotopic (exact) mass is 335 g/mol. The van der Waals surface area contributed by atoms with Crippen molar-refractivity contribution in [1.82, 2.24) is 0 Å². The summed E-state index contributed by atoms with van der Waals surface area (Å²) in [5, 5.41) is 4.95. The second-order valence-corrected chi connectivity index (χ2v) is 6.19. The molecule has 25 heavy (non-hydrogen) atoms. The fourth-order valence-electron chi connectivity index (χ4n) is 2.80. The van der Waals surface area contributed by atoms with Gasteiger partial charge in [-0.2, -0.15) is 0 Å². The zero-order valence-corrected chi connectivity index (χ0v) is 14.5. The van der Waals surface area contributed by atoms with E-state index in [0.717, 1.165) is 17.0 Å². The molecule has 0 fully saturated rings. The van der Waals surface area contributed by atoms with Crippen LogP contribution in [0.25, 0.3) is 0 Å². The van der Waals surface area contributed by atoms with Gasteiger partial charge in [-0.3, -0.25) is 4.79 Å². The highest BCUT2D eigenvalue weighted by atomic mass is 16.3. The fourth-order valence-corrected chi connectivity index (χ4v) is 2.80. The van der Waals surface area contributed by atoms with Gasteiger partial charge in [-0.25, -0.2) is 0 Å². The van der Waals surface area contributed by atoms with Gasteiger partial charge in [0.1, 0.15) is 0 Å². The lowest BCUT2D eigenvalue weighted by atomic mass is 10.0. The first-order valence-electron chi connectivity index (χ1n) is 8.42. The Kier molecular flexibility index (Phi) is 5.31. The minimum atomic E-state index is -0.0401. The lowest BCUT2D eigenvalue weighted by molar-refractivity contribution is -0.678. The van der Waals surface area contributed by atoms with Crippen LogP contribution in [-0.4, -0.2) is 12.5 Å². The molecule has 0 radical (unpaired) electrons. The van der Waals surface area contributed by atoms with E-state index in [9.17, 15) is 4.79 Å². The minimum Gasteiger partial charge on any atom is -0.463 e. The smallest absolute Gasteiger partial charge is 0.279 e. The quantitative estimate of drug-likeness (QED) is 0.727. The van der Waals surface area contributed by atoms with Crippen LogP contribution < -0.4 is 10.6 Å². The van der Waals surface area contributed by atoms with Gasteiger partial charge >= 0.3 is 0 Å². The number of nitrogens with two attached hydrogens (primary N) is 1. The molecule has 2 aromatic carbocycles. The summed E-state index contributed by atoms with van der Waals surface area (Å²) >= 11 is 0. The summed E-state index contributed by atoms with van der Waals surface area (Å²) in [6.07, 6.45) is 1.66. The third-order valence-corrected chi connectivity index (χ3v) is 4.34. The van der Waals surface area contributed by atoms with E-state index in [1.54, 1.807) is 6.26 Å². The van der Waals surface area contributed by atoms with Crippen LogP contribution in [-0.2, 0) is 4.79 Å². The average Bonchev–Trinajstić information content (AvgIpc) is 3.14. The van der Waals surface area contributed by atoms with Crippen molar-refractivity contribution in [3.63, 3.8) is 0 Å². The van der Waals surface area contributed by atoms with Crippen molar-refractivity contribution in [2.24, 2.45) is 0 Å². The molecule has 0 aliphatic carbocycles. The summed E-state index contributed by atoms with van der Waals surface area (Å²) in [4.78, 5) is 12.3. The van der Waals surface area contributed by atoms with Crippen LogP contribution in [0, 0.1) is 13.8 Å². The van der Waals surface area contributed by atoms with Crippen molar-refractivity contribution < 1.29 is 14.5 Å². The Bertz CT molecular complexity index is 826. The fraction of sp³-hybridized carbons (Fsp3) is 0.190. The standard InChI is InChI=1S/C21H22N2O2/c1-15-10-11-18(13-16(15)2)23-20(24)14-22-21(19-9-6-12-25-19)17-7-4-3-5-8-17/h3-13,21-22H,14H2,1-2H3,(H,23,24)/p+1/t21-/m0/s1. The lowest BCUT2D eigenvalue weighted by Crippen LogP contribution is -2.87. The predicted molar refractivity (Wildman–Crippen MR) is 98.3 cm³/mol. The first-order valence-corrected chi connectivity index (χ1v) is 8.42. The van der Waals surface area contributed by atoms with E-state index in [1.165, 1.54) is 11.1 Å². The maximum Gasteiger partial charge on any atom is 0.279 e. The van der Waals surface area contributed by atoms with Crippen molar-refractivity contribution >= 4 is 11.6 Å². The van der Waals surface area contributed by atoms with Crippen LogP contribution in [0.1, 0.15) is 28.5 Å². The molecule has 4 nitrogen and oxygen atoms in total. The number of amides is 1. The summed E-state index contributed by atoms with van der Waals surface area (Å²) in [5.74, 6) is 0.806. The van der Waals surface area contributed by atoms with E-state index in [2.05, 4.69) is 12.2 Å². The third kappa shape index (κ3) is 4.37. The van der Waals surface area contributed by atoms with Crippen molar-refractivity contribution in [2.75, 3.05) is 11.9 Å². The van der Waals surface area contributed by atoms with Crippen LogP contribution >= 0.6 is 0 Å². The third-order valence-electron chi connectivity index (χ3n) is 4.34. The molecular weight excluding hydrogens is 312 g/mol. The number of anilines is 1. The van der Waals surface area contributed by atoms with E-state index in [1.807, 2.05) is 72.9 Å². The second-order valence-electron chi connectivity index (χ2n) is 6.19. The Labute approximate surface area is 147 Å². The molecule has 0 spiro atoms. The topological polar surface area (TPSA) is 58.9 Å². The summed E-state index contributed by atoms with van der Waals surface area (Å²) in [5.41, 5.74) is 4.32. The Morgan fingerprint density at radius 3 is 2.52 bits per heavy atom. The predicted octanol–water partition coefficient (Wildman–Crippen LogP) is 3.19. The highest BCUT2D eigenvalue weighted by molar-refractivity contribution is 5.91. The number of carbonyl (C=O) groups is 1. The Balaban J connectivity index is 1.66. The summed E-state index contributed by atoms with van der Waals surface area (Å²) in [6.45, 7) is 4.41. The summed E-state index contributed by atoms with van der Waals surface area (Å²) in [7, 11) is 0. The molecule has 3 N–H and O–H groups in total. The molecule has 0 saturated heterocycles. The zero-order chi connectivity index (χ0) is 17.6. The van der Waals surface area contributed by atoms with Gasteiger partial charge in [0.05, 0.1) is 6.26 Å². The number of carbonyl (C=O) groups excluding carboxylic acids is 1. The van der Waals surface area contributed by atoms with Gasteiger partial charge in [0, 0.05) is 11.3 Å². The number of nitrogens with one attached hydrogen (secondary N) is 1. The molecule has 3 aromatic rings. The Hall–Kier alpha value is -2.85. The van der Waals surface area contributed by atoms with Gasteiger partial charge < -0.3 is 15.1 Å². The van der Waals surface area contributed by atoms with Gasteiger partial charge in [0.25, 0.3) is 5.91 Å². The number of rotatable bonds is 6. The maximum atomic E-state index is 12.3.